The van der Waals surface area contributed by atoms with Crippen LogP contribution in [0.15, 0.2) is 0 Å². The molecule has 4 heavy (non-hydrogen) atoms. The normalized spacial score (nSPS) is 6.25. The van der Waals surface area contributed by atoms with Gasteiger partial charge in [0.1, 0.15) is 0 Å². The quantitative estimate of drug-likeness (QED) is 0.389. The Bertz CT molecular complexity index is 29.0. The molecule has 0 bridgehead atoms. The predicted octanol–water partition coefficient (Wildman–Crippen LogP) is -0.323. The highest BCUT2D eigenvalue weighted by Gasteiger charge is 1.54. The van der Waals surface area contributed by atoms with E-state index in [2.05, 4.69) is 9.85 Å². The maximum atomic E-state index is 7.89. The molecule has 0 fully saturated rings. The third kappa shape index (κ3) is 116. The molecular formula is C2H4OSi. The first-order valence-corrected chi connectivity index (χ1v) is 1.47. The zero-order valence-electron chi connectivity index (χ0n) is 2.45. The van der Waals surface area contributed by atoms with Gasteiger partial charge in [0.15, 0.2) is 0 Å². The molecule has 0 heterocycles. The second-order valence-electron chi connectivity index (χ2n) is 0.585. The number of aliphatic hydroxyl groups is 1. The zero-order valence-corrected chi connectivity index (χ0v) is 3.45. The van der Waals surface area contributed by atoms with E-state index in [9.17, 15) is 0 Å². The lowest BCUT2D eigenvalue weighted by Crippen LogP contribution is -1.80. The summed E-state index contributed by atoms with van der Waals surface area (Å²) in [6.07, 6.45) is 0. The molecule has 0 spiro atoms. The van der Waals surface area contributed by atoms with Crippen LogP contribution in [0.25, 0.3) is 0 Å². The van der Waals surface area contributed by atoms with Crippen LogP contribution in [0.5, 0.6) is 0 Å². The van der Waals surface area contributed by atoms with Crippen LogP contribution < -0.4 is 0 Å². The Hall–Kier alpha value is -0.113. The Morgan fingerprint density at radius 1 is 2.00 bits per heavy atom. The van der Waals surface area contributed by atoms with Gasteiger partial charge in [0.2, 0.25) is 0 Å². The van der Waals surface area contributed by atoms with Crippen molar-refractivity contribution < 1.29 is 5.11 Å². The molecule has 0 unspecified atom stereocenters. The molecular weight excluding hydrogens is 68.1 g/mol. The van der Waals surface area contributed by atoms with E-state index in [-0.39, 0.29) is 5.35 Å². The third-order valence-electron chi connectivity index (χ3n) is 0. The fourth-order valence-electron chi connectivity index (χ4n) is 0. The summed E-state index contributed by atoms with van der Waals surface area (Å²) in [5.41, 5.74) is 0. The number of hydrogen-bond donors (Lipinski definition) is 1. The van der Waals surface area contributed by atoms with Crippen molar-refractivity contribution in [3.8, 4) is 0 Å². The van der Waals surface area contributed by atoms with Gasteiger partial charge in [-0.15, -0.1) is 0 Å². The monoisotopic (exact) mass is 72.0 g/mol. The van der Waals surface area contributed by atoms with Crippen LogP contribution in [-0.2, 0) is 0 Å². The highest BCUT2D eigenvalue weighted by atomic mass is 28.1. The molecule has 0 aromatic heterocycles. The van der Waals surface area contributed by atoms with E-state index in [1.807, 2.05) is 0 Å². The van der Waals surface area contributed by atoms with Crippen molar-refractivity contribution in [2.24, 2.45) is 0 Å². The Kier molecular flexibility index (Phi) is 1.20. The second-order valence-corrected chi connectivity index (χ2v) is 1.31. The van der Waals surface area contributed by atoms with Crippen molar-refractivity contribution in [3.05, 3.63) is 0 Å². The Morgan fingerprint density at radius 2 is 2.00 bits per heavy atom. The molecule has 0 aliphatic heterocycles. The molecule has 1 N–H and O–H groups in total. The molecule has 2 heteroatoms. The van der Waals surface area contributed by atoms with Gasteiger partial charge in [-0.2, -0.15) is 0 Å². The largest absolute Gasteiger partial charge is 0.518 e. The van der Waals surface area contributed by atoms with Crippen LogP contribution in [0.2, 0.25) is 0 Å². The average Bonchev–Trinajstić information content (AvgIpc) is 0.811. The van der Waals surface area contributed by atoms with Crippen molar-refractivity contribution in [1.29, 1.82) is 0 Å². The van der Waals surface area contributed by atoms with Crippen LogP contribution in [-0.4, -0.2) is 20.3 Å². The molecule has 2 radical (unpaired) electrons. The molecule has 0 aliphatic rings. The minimum absolute atomic E-state index is 0.222. The number of rotatable bonds is 0. The van der Waals surface area contributed by atoms with Crippen LogP contribution in [0.3, 0.4) is 0 Å². The summed E-state index contributed by atoms with van der Waals surface area (Å²) >= 11 is 0. The minimum Gasteiger partial charge on any atom is -0.518 e. The van der Waals surface area contributed by atoms with E-state index >= 15 is 0 Å². The molecule has 22 valence electrons. The Balaban J connectivity index is 2.80. The van der Waals surface area contributed by atoms with Gasteiger partial charge in [0.25, 0.3) is 0 Å². The van der Waals surface area contributed by atoms with E-state index in [4.69, 9.17) is 5.11 Å². The average molecular weight is 72.1 g/mol. The summed E-state index contributed by atoms with van der Waals surface area (Å²) in [6.45, 7) is 1.55. The second kappa shape index (κ2) is 1.23. The number of aliphatic hydroxyl groups excluding tert-OH is 1. The van der Waals surface area contributed by atoms with Crippen LogP contribution in [0.1, 0.15) is 6.92 Å². The first-order valence-electron chi connectivity index (χ1n) is 0.974. The fraction of sp³-hybridized carbons (Fsp3) is 0.500. The van der Waals surface area contributed by atoms with Gasteiger partial charge >= 0.3 is 0 Å². The lowest BCUT2D eigenvalue weighted by Gasteiger charge is -1.68. The first kappa shape index (κ1) is 3.89. The highest BCUT2D eigenvalue weighted by molar-refractivity contribution is 6.33. The lowest BCUT2D eigenvalue weighted by atomic mass is 10.9. The van der Waals surface area contributed by atoms with Crippen LogP contribution >= 0.6 is 0 Å². The minimum atomic E-state index is 0.222. The van der Waals surface area contributed by atoms with Crippen molar-refractivity contribution in [2.45, 2.75) is 6.92 Å². The summed E-state index contributed by atoms with van der Waals surface area (Å²) in [4.78, 5) is 0. The van der Waals surface area contributed by atoms with Gasteiger partial charge in [0, 0.05) is 0 Å². The smallest absolute Gasteiger partial charge is 0.0855 e. The Morgan fingerprint density at radius 3 is 2.00 bits per heavy atom. The van der Waals surface area contributed by atoms with E-state index in [1.54, 1.807) is 6.92 Å². The van der Waals surface area contributed by atoms with Gasteiger partial charge in [-0.05, 0) is 6.92 Å². The summed E-state index contributed by atoms with van der Waals surface area (Å²) in [7, 11) is 2.78. The summed E-state index contributed by atoms with van der Waals surface area (Å²) < 4.78 is 0. The molecule has 0 saturated carbocycles. The standard InChI is InChI=1S/C2H4OSi/c1-2(3)4/h3H,1H3. The molecule has 0 aliphatic carbocycles. The maximum absolute atomic E-state index is 7.89. The molecule has 0 amide bonds. The van der Waals surface area contributed by atoms with E-state index < -0.39 is 0 Å². The van der Waals surface area contributed by atoms with Crippen LogP contribution in [0, 0.1) is 0 Å². The topological polar surface area (TPSA) is 20.2 Å². The summed E-state index contributed by atoms with van der Waals surface area (Å²) in [6, 6.07) is 0. The molecule has 0 saturated heterocycles. The van der Waals surface area contributed by atoms with E-state index in [0.717, 1.165) is 0 Å². The van der Waals surface area contributed by atoms with Gasteiger partial charge in [-0.3, -0.25) is 0 Å². The maximum Gasteiger partial charge on any atom is 0.0855 e. The van der Waals surface area contributed by atoms with Crippen molar-refractivity contribution >= 4 is 15.2 Å². The first-order chi connectivity index (χ1) is 1.73. The lowest BCUT2D eigenvalue weighted by molar-refractivity contribution is 0.563. The van der Waals surface area contributed by atoms with Crippen LogP contribution in [0.4, 0.5) is 0 Å². The van der Waals surface area contributed by atoms with Gasteiger partial charge in [-0.25, -0.2) is 0 Å². The molecule has 1 nitrogen and oxygen atoms in total. The highest BCUT2D eigenvalue weighted by Crippen LogP contribution is 1.40. The Labute approximate surface area is 28.3 Å². The van der Waals surface area contributed by atoms with Crippen molar-refractivity contribution in [3.63, 3.8) is 0 Å². The summed E-state index contributed by atoms with van der Waals surface area (Å²) in [5.74, 6) is 0. The van der Waals surface area contributed by atoms with Crippen molar-refractivity contribution in [1.82, 2.24) is 0 Å². The van der Waals surface area contributed by atoms with E-state index in [1.165, 1.54) is 0 Å². The predicted molar refractivity (Wildman–Crippen MR) is 18.4 cm³/mol. The number of hydrogen-bond acceptors (Lipinski definition) is 1. The van der Waals surface area contributed by atoms with E-state index in [0.29, 0.717) is 0 Å². The van der Waals surface area contributed by atoms with Gasteiger partial charge in [0.05, 0.1) is 15.2 Å². The summed E-state index contributed by atoms with van der Waals surface area (Å²) in [5, 5.41) is 8.11. The fourth-order valence-corrected chi connectivity index (χ4v) is 0. The van der Waals surface area contributed by atoms with Gasteiger partial charge in [-0.1, -0.05) is 0 Å². The SMILES string of the molecule is CC(O)=[Si]. The zero-order chi connectivity index (χ0) is 3.58. The molecule has 0 atom stereocenters. The molecule has 0 rings (SSSR count). The van der Waals surface area contributed by atoms with Gasteiger partial charge < -0.3 is 5.11 Å². The molecule has 0 aromatic carbocycles. The van der Waals surface area contributed by atoms with Crippen molar-refractivity contribution in [2.75, 3.05) is 0 Å². The molecule has 0 aromatic rings. The third-order valence-corrected chi connectivity index (χ3v) is 0.